The van der Waals surface area contributed by atoms with Gasteiger partial charge in [0.25, 0.3) is 5.91 Å². The molecule has 0 radical (unpaired) electrons. The molecule has 0 aliphatic carbocycles. The molecule has 0 heterocycles. The van der Waals surface area contributed by atoms with Crippen molar-refractivity contribution in [3.63, 3.8) is 0 Å². The normalized spacial score (nSPS) is 10.6. The smallest absolute Gasteiger partial charge is 0.259 e. The van der Waals surface area contributed by atoms with E-state index in [-0.39, 0.29) is 12.5 Å². The average Bonchev–Trinajstić information content (AvgIpc) is 2.46. The summed E-state index contributed by atoms with van der Waals surface area (Å²) in [7, 11) is 0. The van der Waals surface area contributed by atoms with Gasteiger partial charge in [0.2, 0.25) is 0 Å². The zero-order chi connectivity index (χ0) is 15.1. The number of nitrogens with one attached hydrogen (secondary N) is 2. The number of nitrogens with zero attached hydrogens (tertiary/aromatic N) is 1. The van der Waals surface area contributed by atoms with Gasteiger partial charge >= 0.3 is 0 Å². The molecule has 0 saturated heterocycles. The van der Waals surface area contributed by atoms with Crippen LogP contribution in [0.15, 0.2) is 53.6 Å². The van der Waals surface area contributed by atoms with E-state index in [1.807, 2.05) is 62.4 Å². The molecule has 0 spiro atoms. The summed E-state index contributed by atoms with van der Waals surface area (Å²) in [5, 5.41) is 7.04. The van der Waals surface area contributed by atoms with Crippen LogP contribution in [-0.4, -0.2) is 18.7 Å². The van der Waals surface area contributed by atoms with Crippen molar-refractivity contribution in [1.29, 1.82) is 0 Å². The number of aryl methyl sites for hydroxylation is 2. The maximum Gasteiger partial charge on any atom is 0.259 e. The number of hydrogen-bond acceptors (Lipinski definition) is 3. The fourth-order valence-electron chi connectivity index (χ4n) is 1.92. The van der Waals surface area contributed by atoms with Crippen LogP contribution in [0.5, 0.6) is 0 Å². The van der Waals surface area contributed by atoms with E-state index in [4.69, 9.17) is 0 Å². The number of hydrazone groups is 1. The lowest BCUT2D eigenvalue weighted by Crippen LogP contribution is -2.26. The summed E-state index contributed by atoms with van der Waals surface area (Å²) in [5.74, 6) is -0.179. The summed E-state index contributed by atoms with van der Waals surface area (Å²) in [4.78, 5) is 11.7. The minimum atomic E-state index is -0.179. The summed E-state index contributed by atoms with van der Waals surface area (Å²) in [6.45, 7) is 4.20. The standard InChI is InChI=1S/C17H19N3O/c1-13-6-5-8-15(10-13)11-19-20-17(21)12-18-16-9-4-3-7-14(16)2/h3-11,18H,12H2,1-2H3,(H,20,21)/b19-11-. The number of para-hydroxylation sites is 1. The Hall–Kier alpha value is -2.62. The van der Waals surface area contributed by atoms with Gasteiger partial charge in [0, 0.05) is 5.69 Å². The van der Waals surface area contributed by atoms with Crippen molar-refractivity contribution in [2.75, 3.05) is 11.9 Å². The number of rotatable bonds is 5. The first kappa shape index (κ1) is 14.8. The van der Waals surface area contributed by atoms with Crippen LogP contribution in [0.1, 0.15) is 16.7 Å². The second kappa shape index (κ2) is 7.24. The third kappa shape index (κ3) is 4.76. The predicted octanol–water partition coefficient (Wildman–Crippen LogP) is 2.87. The van der Waals surface area contributed by atoms with Crippen LogP contribution in [0.25, 0.3) is 0 Å². The van der Waals surface area contributed by atoms with Crippen molar-refractivity contribution in [2.45, 2.75) is 13.8 Å². The molecule has 2 rings (SSSR count). The first-order chi connectivity index (χ1) is 10.1. The minimum Gasteiger partial charge on any atom is -0.376 e. The Morgan fingerprint density at radius 3 is 2.71 bits per heavy atom. The lowest BCUT2D eigenvalue weighted by atomic mass is 10.2. The molecule has 0 aliphatic heterocycles. The largest absolute Gasteiger partial charge is 0.376 e. The monoisotopic (exact) mass is 281 g/mol. The van der Waals surface area contributed by atoms with Gasteiger partial charge in [-0.25, -0.2) is 5.43 Å². The third-order valence-corrected chi connectivity index (χ3v) is 3.03. The van der Waals surface area contributed by atoms with Gasteiger partial charge in [0.05, 0.1) is 12.8 Å². The molecular formula is C17H19N3O. The number of benzene rings is 2. The van der Waals surface area contributed by atoms with Gasteiger partial charge in [0.15, 0.2) is 0 Å². The van der Waals surface area contributed by atoms with Gasteiger partial charge in [-0.3, -0.25) is 4.79 Å². The van der Waals surface area contributed by atoms with E-state index in [1.54, 1.807) is 6.21 Å². The molecule has 0 aromatic heterocycles. The van der Waals surface area contributed by atoms with E-state index < -0.39 is 0 Å². The van der Waals surface area contributed by atoms with Gasteiger partial charge in [-0.05, 0) is 31.0 Å². The lowest BCUT2D eigenvalue weighted by molar-refractivity contribution is -0.119. The van der Waals surface area contributed by atoms with Gasteiger partial charge in [0.1, 0.15) is 0 Å². The van der Waals surface area contributed by atoms with E-state index in [2.05, 4.69) is 15.8 Å². The van der Waals surface area contributed by atoms with Crippen LogP contribution in [0.3, 0.4) is 0 Å². The van der Waals surface area contributed by atoms with Crippen molar-refractivity contribution in [3.05, 3.63) is 65.2 Å². The van der Waals surface area contributed by atoms with Crippen molar-refractivity contribution in [1.82, 2.24) is 5.43 Å². The highest BCUT2D eigenvalue weighted by Crippen LogP contribution is 2.12. The lowest BCUT2D eigenvalue weighted by Gasteiger charge is -2.07. The van der Waals surface area contributed by atoms with Crippen LogP contribution >= 0.6 is 0 Å². The number of carbonyl (C=O) groups excluding carboxylic acids is 1. The van der Waals surface area contributed by atoms with Crippen LogP contribution in [0, 0.1) is 13.8 Å². The molecule has 4 heteroatoms. The first-order valence-corrected chi connectivity index (χ1v) is 6.83. The maximum absolute atomic E-state index is 11.7. The maximum atomic E-state index is 11.7. The molecule has 0 saturated carbocycles. The fourth-order valence-corrected chi connectivity index (χ4v) is 1.92. The third-order valence-electron chi connectivity index (χ3n) is 3.03. The molecule has 108 valence electrons. The molecule has 0 unspecified atom stereocenters. The Labute approximate surface area is 124 Å². The van der Waals surface area contributed by atoms with E-state index in [1.165, 1.54) is 0 Å². The molecule has 4 nitrogen and oxygen atoms in total. The zero-order valence-corrected chi connectivity index (χ0v) is 12.3. The minimum absolute atomic E-state index is 0.179. The van der Waals surface area contributed by atoms with Crippen LogP contribution < -0.4 is 10.7 Å². The molecular weight excluding hydrogens is 262 g/mol. The summed E-state index contributed by atoms with van der Waals surface area (Å²) in [6, 6.07) is 15.8. The molecule has 0 bridgehead atoms. The Morgan fingerprint density at radius 1 is 1.14 bits per heavy atom. The summed E-state index contributed by atoms with van der Waals surface area (Å²) in [5.41, 5.74) is 6.69. The summed E-state index contributed by atoms with van der Waals surface area (Å²) in [6.07, 6.45) is 1.64. The van der Waals surface area contributed by atoms with Crippen molar-refractivity contribution >= 4 is 17.8 Å². The Bertz CT molecular complexity index is 650. The predicted molar refractivity (Wildman–Crippen MR) is 86.6 cm³/mol. The molecule has 1 amide bonds. The molecule has 21 heavy (non-hydrogen) atoms. The summed E-state index contributed by atoms with van der Waals surface area (Å²) < 4.78 is 0. The molecule has 0 fully saturated rings. The highest BCUT2D eigenvalue weighted by atomic mass is 16.2. The quantitative estimate of drug-likeness (QED) is 0.654. The number of amides is 1. The topological polar surface area (TPSA) is 53.5 Å². The SMILES string of the molecule is Cc1cccc(/C=N\NC(=O)CNc2ccccc2C)c1. The van der Waals surface area contributed by atoms with Crippen LogP contribution in [-0.2, 0) is 4.79 Å². The highest BCUT2D eigenvalue weighted by molar-refractivity contribution is 5.84. The Kier molecular flexibility index (Phi) is 5.10. The second-order valence-corrected chi connectivity index (χ2v) is 4.88. The number of anilines is 1. The Morgan fingerprint density at radius 2 is 1.95 bits per heavy atom. The van der Waals surface area contributed by atoms with Gasteiger partial charge in [-0.15, -0.1) is 0 Å². The van der Waals surface area contributed by atoms with E-state index in [9.17, 15) is 4.79 Å². The first-order valence-electron chi connectivity index (χ1n) is 6.83. The van der Waals surface area contributed by atoms with E-state index in [0.717, 1.165) is 22.4 Å². The van der Waals surface area contributed by atoms with Crippen molar-refractivity contribution in [2.24, 2.45) is 5.10 Å². The van der Waals surface area contributed by atoms with Crippen molar-refractivity contribution in [3.8, 4) is 0 Å². The van der Waals surface area contributed by atoms with E-state index in [0.29, 0.717) is 0 Å². The molecule has 2 N–H and O–H groups in total. The van der Waals surface area contributed by atoms with E-state index >= 15 is 0 Å². The van der Waals surface area contributed by atoms with Gasteiger partial charge in [-0.1, -0.05) is 48.0 Å². The fraction of sp³-hybridized carbons (Fsp3) is 0.176. The molecule has 2 aromatic carbocycles. The van der Waals surface area contributed by atoms with Crippen LogP contribution in [0.4, 0.5) is 5.69 Å². The summed E-state index contributed by atoms with van der Waals surface area (Å²) >= 11 is 0. The molecule has 0 atom stereocenters. The molecule has 0 aliphatic rings. The Balaban J connectivity index is 1.81. The van der Waals surface area contributed by atoms with Crippen molar-refractivity contribution < 1.29 is 4.79 Å². The van der Waals surface area contributed by atoms with Gasteiger partial charge in [-0.2, -0.15) is 5.10 Å². The highest BCUT2D eigenvalue weighted by Gasteiger charge is 2.00. The average molecular weight is 281 g/mol. The zero-order valence-electron chi connectivity index (χ0n) is 12.3. The van der Waals surface area contributed by atoms with Crippen LogP contribution in [0.2, 0.25) is 0 Å². The second-order valence-electron chi connectivity index (χ2n) is 4.88. The number of carbonyl (C=O) groups is 1. The number of hydrogen-bond donors (Lipinski definition) is 2. The van der Waals surface area contributed by atoms with Gasteiger partial charge < -0.3 is 5.32 Å². The molecule has 2 aromatic rings.